The summed E-state index contributed by atoms with van der Waals surface area (Å²) in [4.78, 5) is 0. The Balaban J connectivity index is 2.26. The molecule has 4 heteroatoms. The van der Waals surface area contributed by atoms with Crippen molar-refractivity contribution in [3.63, 3.8) is 0 Å². The van der Waals surface area contributed by atoms with E-state index in [1.165, 1.54) is 0 Å². The average molecular weight is 256 g/mol. The molecule has 2 aromatic rings. The summed E-state index contributed by atoms with van der Waals surface area (Å²) >= 11 is 0. The van der Waals surface area contributed by atoms with Gasteiger partial charge < -0.3 is 0 Å². The molecule has 0 aliphatic rings. The monoisotopic (exact) mass is 256 g/mol. The first-order chi connectivity index (χ1) is 9.26. The molecule has 2 rings (SSSR count). The highest BCUT2D eigenvalue weighted by Gasteiger charge is 2.12. The van der Waals surface area contributed by atoms with Gasteiger partial charge in [-0.2, -0.15) is 10.2 Å². The first-order valence-electron chi connectivity index (χ1n) is 6.87. The third-order valence-corrected chi connectivity index (χ3v) is 3.62. The van der Waals surface area contributed by atoms with Gasteiger partial charge in [0.2, 0.25) is 5.82 Å². The third kappa shape index (κ3) is 3.13. The van der Waals surface area contributed by atoms with Gasteiger partial charge in [0.1, 0.15) is 0 Å². The number of azo groups is 1. The molecule has 0 spiro atoms. The lowest BCUT2D eigenvalue weighted by molar-refractivity contribution is 0.409. The molecule has 1 atom stereocenters. The lowest BCUT2D eigenvalue weighted by Crippen LogP contribution is -2.12. The number of benzene rings is 1. The first kappa shape index (κ1) is 13.6. The van der Waals surface area contributed by atoms with Crippen LogP contribution in [0.4, 0.5) is 5.82 Å². The van der Waals surface area contributed by atoms with E-state index in [0.717, 1.165) is 23.6 Å². The van der Waals surface area contributed by atoms with Crippen LogP contribution in [0.1, 0.15) is 33.6 Å². The SMILES string of the molecule is CCC(CC)C(C)N=Nc1nncc2ccccc12. The van der Waals surface area contributed by atoms with Crippen LogP contribution in [0.3, 0.4) is 0 Å². The highest BCUT2D eigenvalue weighted by atomic mass is 15.2. The van der Waals surface area contributed by atoms with Gasteiger partial charge in [0.05, 0.1) is 12.2 Å². The molecule has 0 aliphatic carbocycles. The van der Waals surface area contributed by atoms with E-state index in [2.05, 4.69) is 41.2 Å². The van der Waals surface area contributed by atoms with Crippen LogP contribution in [0.5, 0.6) is 0 Å². The molecule has 0 saturated carbocycles. The number of rotatable bonds is 5. The molecule has 4 nitrogen and oxygen atoms in total. The lowest BCUT2D eigenvalue weighted by Gasteiger charge is -2.15. The summed E-state index contributed by atoms with van der Waals surface area (Å²) < 4.78 is 0. The summed E-state index contributed by atoms with van der Waals surface area (Å²) in [7, 11) is 0. The summed E-state index contributed by atoms with van der Waals surface area (Å²) in [5.41, 5.74) is 0. The van der Waals surface area contributed by atoms with E-state index in [4.69, 9.17) is 0 Å². The molecule has 100 valence electrons. The van der Waals surface area contributed by atoms with Crippen LogP contribution in [0.2, 0.25) is 0 Å². The Labute approximate surface area is 114 Å². The maximum absolute atomic E-state index is 4.41. The Morgan fingerprint density at radius 2 is 1.89 bits per heavy atom. The highest BCUT2D eigenvalue weighted by molar-refractivity contribution is 5.89. The maximum atomic E-state index is 4.41. The van der Waals surface area contributed by atoms with E-state index in [9.17, 15) is 0 Å². The predicted octanol–water partition coefficient (Wildman–Crippen LogP) is 4.54. The van der Waals surface area contributed by atoms with Crippen molar-refractivity contribution in [2.45, 2.75) is 39.7 Å². The van der Waals surface area contributed by atoms with Crippen LogP contribution in [0.25, 0.3) is 10.8 Å². The lowest BCUT2D eigenvalue weighted by atomic mass is 9.96. The number of hydrogen-bond donors (Lipinski definition) is 0. The fourth-order valence-electron chi connectivity index (χ4n) is 2.30. The molecule has 0 amide bonds. The molecule has 0 bridgehead atoms. The fraction of sp³-hybridized carbons (Fsp3) is 0.467. The largest absolute Gasteiger partial charge is 0.203 e. The fourth-order valence-corrected chi connectivity index (χ4v) is 2.30. The second kappa shape index (κ2) is 6.36. The number of aromatic nitrogens is 2. The maximum Gasteiger partial charge on any atom is 0.203 e. The van der Waals surface area contributed by atoms with Crippen LogP contribution in [0, 0.1) is 5.92 Å². The van der Waals surface area contributed by atoms with Crippen molar-refractivity contribution in [1.29, 1.82) is 0 Å². The van der Waals surface area contributed by atoms with Gasteiger partial charge in [0.25, 0.3) is 0 Å². The summed E-state index contributed by atoms with van der Waals surface area (Å²) in [5, 5.41) is 18.8. The van der Waals surface area contributed by atoms with E-state index in [0.29, 0.717) is 11.7 Å². The molecule has 1 aromatic heterocycles. The zero-order valence-electron chi connectivity index (χ0n) is 11.7. The number of fused-ring (bicyclic) bond motifs is 1. The smallest absolute Gasteiger partial charge is 0.184 e. The van der Waals surface area contributed by atoms with Crippen LogP contribution in [-0.4, -0.2) is 16.2 Å². The van der Waals surface area contributed by atoms with Crippen molar-refractivity contribution in [3.05, 3.63) is 30.5 Å². The topological polar surface area (TPSA) is 50.5 Å². The van der Waals surface area contributed by atoms with Gasteiger partial charge in [-0.05, 0) is 12.8 Å². The highest BCUT2D eigenvalue weighted by Crippen LogP contribution is 2.24. The summed E-state index contributed by atoms with van der Waals surface area (Å²) in [6, 6.07) is 8.19. The van der Waals surface area contributed by atoms with Crippen molar-refractivity contribution in [2.24, 2.45) is 16.1 Å². The van der Waals surface area contributed by atoms with Gasteiger partial charge in [-0.25, -0.2) is 0 Å². The Hall–Kier alpha value is -1.84. The molecule has 0 radical (unpaired) electrons. The minimum absolute atomic E-state index is 0.218. The summed E-state index contributed by atoms with van der Waals surface area (Å²) in [6.07, 6.45) is 3.99. The second-order valence-corrected chi connectivity index (χ2v) is 4.79. The van der Waals surface area contributed by atoms with Crippen LogP contribution >= 0.6 is 0 Å². The molecule has 0 N–H and O–H groups in total. The van der Waals surface area contributed by atoms with E-state index in [1.807, 2.05) is 24.3 Å². The Morgan fingerprint density at radius 1 is 1.16 bits per heavy atom. The zero-order valence-corrected chi connectivity index (χ0v) is 11.7. The summed E-state index contributed by atoms with van der Waals surface area (Å²) in [5.74, 6) is 1.18. The van der Waals surface area contributed by atoms with Crippen LogP contribution < -0.4 is 0 Å². The molecular formula is C15H20N4. The molecule has 1 heterocycles. The molecular weight excluding hydrogens is 236 g/mol. The van der Waals surface area contributed by atoms with Gasteiger partial charge in [-0.3, -0.25) is 0 Å². The standard InChI is InChI=1S/C15H20N4/c1-4-12(5-2)11(3)17-19-15-14-9-7-6-8-13(14)10-16-18-15/h6-12H,4-5H2,1-3H3. The Bertz CT molecular complexity index is 556. The van der Waals surface area contributed by atoms with Crippen LogP contribution in [-0.2, 0) is 0 Å². The average Bonchev–Trinajstić information content (AvgIpc) is 2.46. The van der Waals surface area contributed by atoms with Gasteiger partial charge in [-0.1, -0.05) is 51.0 Å². The van der Waals surface area contributed by atoms with Crippen molar-refractivity contribution in [1.82, 2.24) is 10.2 Å². The predicted molar refractivity (Wildman–Crippen MR) is 77.6 cm³/mol. The normalized spacial score (nSPS) is 13.5. The number of hydrogen-bond acceptors (Lipinski definition) is 4. The van der Waals surface area contributed by atoms with Crippen LogP contribution in [0.15, 0.2) is 40.7 Å². The molecule has 1 unspecified atom stereocenters. The molecule has 19 heavy (non-hydrogen) atoms. The molecule has 1 aromatic carbocycles. The van der Waals surface area contributed by atoms with E-state index < -0.39 is 0 Å². The van der Waals surface area contributed by atoms with Crippen molar-refractivity contribution >= 4 is 16.6 Å². The van der Waals surface area contributed by atoms with Crippen molar-refractivity contribution in [3.8, 4) is 0 Å². The zero-order chi connectivity index (χ0) is 13.7. The molecule has 0 aliphatic heterocycles. The minimum atomic E-state index is 0.218. The van der Waals surface area contributed by atoms with E-state index in [-0.39, 0.29) is 6.04 Å². The van der Waals surface area contributed by atoms with Crippen molar-refractivity contribution in [2.75, 3.05) is 0 Å². The van der Waals surface area contributed by atoms with E-state index >= 15 is 0 Å². The second-order valence-electron chi connectivity index (χ2n) is 4.79. The van der Waals surface area contributed by atoms with Crippen molar-refractivity contribution < 1.29 is 0 Å². The van der Waals surface area contributed by atoms with Gasteiger partial charge in [0, 0.05) is 10.8 Å². The molecule has 0 saturated heterocycles. The summed E-state index contributed by atoms with van der Waals surface area (Å²) in [6.45, 7) is 6.50. The Kier molecular flexibility index (Phi) is 4.55. The Morgan fingerprint density at radius 3 is 2.63 bits per heavy atom. The molecule has 0 fully saturated rings. The van der Waals surface area contributed by atoms with Gasteiger partial charge in [-0.15, -0.1) is 10.2 Å². The van der Waals surface area contributed by atoms with E-state index in [1.54, 1.807) is 6.20 Å². The number of nitrogens with zero attached hydrogens (tertiary/aromatic N) is 4. The third-order valence-electron chi connectivity index (χ3n) is 3.62. The minimum Gasteiger partial charge on any atom is -0.184 e. The first-order valence-corrected chi connectivity index (χ1v) is 6.87. The van der Waals surface area contributed by atoms with Gasteiger partial charge in [0.15, 0.2) is 0 Å². The van der Waals surface area contributed by atoms with Gasteiger partial charge >= 0.3 is 0 Å². The quantitative estimate of drug-likeness (QED) is 0.737.